The molecule has 40 heavy (non-hydrogen) atoms. The summed E-state index contributed by atoms with van der Waals surface area (Å²) in [7, 11) is 0. The lowest BCUT2D eigenvalue weighted by molar-refractivity contribution is -0.170. The summed E-state index contributed by atoms with van der Waals surface area (Å²) in [6, 6.07) is -3.25. The lowest BCUT2D eigenvalue weighted by Gasteiger charge is -2.39. The third-order valence-electron chi connectivity index (χ3n) is 6.99. The van der Waals surface area contributed by atoms with Crippen molar-refractivity contribution in [1.29, 1.82) is 0 Å². The lowest BCUT2D eigenvalue weighted by atomic mass is 9.93. The highest BCUT2D eigenvalue weighted by atomic mass is 16.5. The summed E-state index contributed by atoms with van der Waals surface area (Å²) < 4.78 is 5.24. The van der Waals surface area contributed by atoms with Gasteiger partial charge in [0.2, 0.25) is 23.6 Å². The molecule has 0 spiro atoms. The molecule has 13 heteroatoms. The summed E-state index contributed by atoms with van der Waals surface area (Å²) in [4.78, 5) is 78.4. The number of unbranched alkanes of at least 4 members (excludes halogenated alkanes) is 1. The van der Waals surface area contributed by atoms with Crippen molar-refractivity contribution in [2.75, 3.05) is 13.2 Å². The van der Waals surface area contributed by atoms with Crippen LogP contribution in [-0.2, 0) is 33.5 Å². The van der Waals surface area contributed by atoms with Gasteiger partial charge in [0, 0.05) is 13.3 Å². The highest BCUT2D eigenvalue weighted by Crippen LogP contribution is 2.37. The smallest absolute Gasteiger partial charge is 0.332 e. The quantitative estimate of drug-likeness (QED) is 0.117. The van der Waals surface area contributed by atoms with Crippen LogP contribution in [-0.4, -0.2) is 77.2 Å². The van der Waals surface area contributed by atoms with Gasteiger partial charge >= 0.3 is 5.97 Å². The molecule has 3 atom stereocenters. The Balaban J connectivity index is 3.32. The van der Waals surface area contributed by atoms with Crippen LogP contribution in [0.15, 0.2) is 0 Å². The molecule has 0 aliphatic heterocycles. The number of nitrogens with two attached hydrogens (primary N) is 3. The second kappa shape index (κ2) is 16.9. The lowest BCUT2D eigenvalue weighted by Crippen LogP contribution is -2.63. The number of rotatable bonds is 17. The molecule has 0 unspecified atom stereocenters. The number of amides is 5. The van der Waals surface area contributed by atoms with Crippen molar-refractivity contribution in [2.45, 2.75) is 116 Å². The fourth-order valence-corrected chi connectivity index (χ4v) is 5.04. The molecule has 0 aromatic carbocycles. The predicted molar refractivity (Wildman–Crippen MR) is 148 cm³/mol. The Morgan fingerprint density at radius 1 is 0.950 bits per heavy atom. The number of nitrogens with zero attached hydrogens (tertiary/aromatic N) is 1. The van der Waals surface area contributed by atoms with Crippen LogP contribution in [0.4, 0.5) is 0 Å². The number of ether oxygens (including phenoxy) is 1. The zero-order valence-corrected chi connectivity index (χ0v) is 24.3. The van der Waals surface area contributed by atoms with Crippen molar-refractivity contribution in [3.8, 4) is 0 Å². The van der Waals surface area contributed by atoms with Crippen LogP contribution in [0.3, 0.4) is 0 Å². The molecule has 1 aliphatic carbocycles. The summed E-state index contributed by atoms with van der Waals surface area (Å²) in [6.45, 7) is 7.08. The number of hydrogen-bond donors (Lipinski definition) is 5. The Hall–Kier alpha value is -3.06. The van der Waals surface area contributed by atoms with Crippen molar-refractivity contribution in [1.82, 2.24) is 15.5 Å². The fraction of sp³-hybridized carbons (Fsp3) is 0.778. The molecule has 1 rings (SSSR count). The van der Waals surface area contributed by atoms with E-state index in [9.17, 15) is 28.8 Å². The van der Waals surface area contributed by atoms with Crippen LogP contribution < -0.4 is 27.8 Å². The molecular weight excluding hydrogens is 520 g/mol. The van der Waals surface area contributed by atoms with Gasteiger partial charge in [-0.25, -0.2) is 4.79 Å². The Kier molecular flexibility index (Phi) is 14.8. The van der Waals surface area contributed by atoms with E-state index < -0.39 is 59.2 Å². The van der Waals surface area contributed by atoms with Gasteiger partial charge in [-0.2, -0.15) is 0 Å². The van der Waals surface area contributed by atoms with Crippen LogP contribution >= 0.6 is 0 Å². The topological polar surface area (TPSA) is 217 Å². The molecule has 0 aromatic rings. The third kappa shape index (κ3) is 10.2. The second-order valence-electron chi connectivity index (χ2n) is 10.8. The van der Waals surface area contributed by atoms with E-state index in [4.69, 9.17) is 21.9 Å². The van der Waals surface area contributed by atoms with E-state index in [1.807, 2.05) is 13.8 Å². The highest BCUT2D eigenvalue weighted by molar-refractivity contribution is 6.04. The Bertz CT molecular complexity index is 904. The molecule has 0 aromatic heterocycles. The van der Waals surface area contributed by atoms with Gasteiger partial charge in [0.1, 0.15) is 17.6 Å². The van der Waals surface area contributed by atoms with Gasteiger partial charge in [0.15, 0.2) is 0 Å². The number of carbonyl (C=O) groups is 6. The standard InChI is InChI=1S/C27H48N6O7/c1-5-40-26(39)27(13-7-8-14-27)33(18(4)34)25(38)21(11-12-22(30)35)32-24(37)20(10-6-9-15-28)31-23(36)19(29)16-17(2)3/h17,19-21H,5-16,28-29H2,1-4H3,(H2,30,35)(H,31,36)(H,32,37)/t19-,20-,21-/m0/s1. The number of imide groups is 1. The van der Waals surface area contributed by atoms with Gasteiger partial charge in [-0.1, -0.05) is 26.7 Å². The molecule has 13 nitrogen and oxygen atoms in total. The molecule has 0 saturated heterocycles. The summed E-state index contributed by atoms with van der Waals surface area (Å²) in [5.41, 5.74) is 15.4. The van der Waals surface area contributed by atoms with Crippen molar-refractivity contribution in [2.24, 2.45) is 23.1 Å². The molecule has 1 saturated carbocycles. The molecule has 1 aliphatic rings. The van der Waals surface area contributed by atoms with E-state index in [1.165, 1.54) is 0 Å². The minimum atomic E-state index is -1.51. The maximum Gasteiger partial charge on any atom is 0.332 e. The van der Waals surface area contributed by atoms with Gasteiger partial charge in [-0.05, 0) is 64.3 Å². The number of nitrogens with one attached hydrogen (secondary N) is 2. The molecule has 0 bridgehead atoms. The summed E-state index contributed by atoms with van der Waals surface area (Å²) in [5.74, 6) is -3.99. The zero-order valence-electron chi connectivity index (χ0n) is 24.3. The zero-order chi connectivity index (χ0) is 30.5. The second-order valence-corrected chi connectivity index (χ2v) is 10.8. The van der Waals surface area contributed by atoms with E-state index in [0.29, 0.717) is 38.6 Å². The number of esters is 1. The first-order valence-electron chi connectivity index (χ1n) is 14.2. The highest BCUT2D eigenvalue weighted by Gasteiger charge is 2.52. The monoisotopic (exact) mass is 568 g/mol. The summed E-state index contributed by atoms with van der Waals surface area (Å²) in [6.07, 6.45) is 2.91. The number of hydrogen-bond acceptors (Lipinski definition) is 9. The first-order chi connectivity index (χ1) is 18.8. The maximum absolute atomic E-state index is 13.9. The fourth-order valence-electron chi connectivity index (χ4n) is 5.04. The SMILES string of the molecule is CCOC(=O)C1(N(C(C)=O)C(=O)[C@H](CCC(N)=O)NC(=O)[C@H](CCCCN)NC(=O)[C@@H](N)CC(C)C)CCCC1. The van der Waals surface area contributed by atoms with Crippen LogP contribution in [0.25, 0.3) is 0 Å². The van der Waals surface area contributed by atoms with Gasteiger partial charge < -0.3 is 32.6 Å². The van der Waals surface area contributed by atoms with E-state index in [1.54, 1.807) is 6.92 Å². The van der Waals surface area contributed by atoms with Crippen LogP contribution in [0.5, 0.6) is 0 Å². The average Bonchev–Trinajstić information content (AvgIpc) is 3.35. The molecule has 1 fully saturated rings. The Labute approximate surface area is 236 Å². The summed E-state index contributed by atoms with van der Waals surface area (Å²) >= 11 is 0. The largest absolute Gasteiger partial charge is 0.464 e. The van der Waals surface area contributed by atoms with Gasteiger partial charge in [0.05, 0.1) is 12.6 Å². The van der Waals surface area contributed by atoms with Crippen molar-refractivity contribution in [3.63, 3.8) is 0 Å². The summed E-state index contributed by atoms with van der Waals surface area (Å²) in [5, 5.41) is 5.27. The molecule has 0 heterocycles. The van der Waals surface area contributed by atoms with Gasteiger partial charge in [0.25, 0.3) is 5.91 Å². The molecule has 8 N–H and O–H groups in total. The van der Waals surface area contributed by atoms with Crippen LogP contribution in [0, 0.1) is 5.92 Å². The van der Waals surface area contributed by atoms with Gasteiger partial charge in [-0.15, -0.1) is 0 Å². The predicted octanol–water partition coefficient (Wildman–Crippen LogP) is -0.0251. The number of carbonyl (C=O) groups excluding carboxylic acids is 6. The van der Waals surface area contributed by atoms with Crippen LogP contribution in [0.2, 0.25) is 0 Å². The first-order valence-corrected chi connectivity index (χ1v) is 14.2. The first kappa shape index (κ1) is 35.0. The normalized spacial score (nSPS) is 16.5. The molecule has 228 valence electrons. The Morgan fingerprint density at radius 3 is 2.05 bits per heavy atom. The van der Waals surface area contributed by atoms with E-state index in [-0.39, 0.29) is 44.6 Å². The van der Waals surface area contributed by atoms with Gasteiger partial charge in [-0.3, -0.25) is 28.9 Å². The molecule has 5 amide bonds. The molecule has 0 radical (unpaired) electrons. The minimum absolute atomic E-state index is 0.0610. The van der Waals surface area contributed by atoms with Crippen molar-refractivity contribution < 1.29 is 33.5 Å². The third-order valence-corrected chi connectivity index (χ3v) is 6.99. The molecular formula is C27H48N6O7. The van der Waals surface area contributed by atoms with Crippen molar-refractivity contribution in [3.05, 3.63) is 0 Å². The van der Waals surface area contributed by atoms with Crippen molar-refractivity contribution >= 4 is 35.5 Å². The Morgan fingerprint density at radius 2 is 1.55 bits per heavy atom. The van der Waals surface area contributed by atoms with E-state index in [2.05, 4.69) is 10.6 Å². The maximum atomic E-state index is 13.9. The minimum Gasteiger partial charge on any atom is -0.464 e. The van der Waals surface area contributed by atoms with E-state index >= 15 is 0 Å². The van der Waals surface area contributed by atoms with Crippen LogP contribution in [0.1, 0.15) is 91.9 Å². The average molecular weight is 569 g/mol. The van der Waals surface area contributed by atoms with E-state index in [0.717, 1.165) is 11.8 Å². The number of primary amides is 1.